The van der Waals surface area contributed by atoms with Crippen molar-refractivity contribution in [1.29, 1.82) is 0 Å². The molecule has 0 aliphatic carbocycles. The Morgan fingerprint density at radius 2 is 2.36 bits per heavy atom. The fourth-order valence-corrected chi connectivity index (χ4v) is 3.96. The number of methoxy groups -OCH3 is 1. The van der Waals surface area contributed by atoms with Gasteiger partial charge in [-0.15, -0.1) is 11.3 Å². The molecule has 0 bridgehead atoms. The van der Waals surface area contributed by atoms with Gasteiger partial charge < -0.3 is 15.0 Å². The van der Waals surface area contributed by atoms with Crippen LogP contribution in [-0.2, 0) is 15.3 Å². The van der Waals surface area contributed by atoms with Crippen LogP contribution in [0.25, 0.3) is 0 Å². The number of benzene rings is 1. The highest BCUT2D eigenvalue weighted by molar-refractivity contribution is 7.97. The molecule has 1 aliphatic rings. The third kappa shape index (κ3) is 4.13. The Kier molecular flexibility index (Phi) is 5.60. The van der Waals surface area contributed by atoms with Gasteiger partial charge in [0.25, 0.3) is 0 Å². The first-order chi connectivity index (χ1) is 12.1. The lowest BCUT2D eigenvalue weighted by atomic mass is 10.1. The third-order valence-corrected chi connectivity index (χ3v) is 5.33. The number of hydrogen-bond acceptors (Lipinski definition) is 6. The standard InChI is InChI=1S/C17H19N3O3S2/c1-23-14-5-3-4-13(7-14)20-8-11(6-15(20)21)16(22)19-17-18-12(9-24-2)10-25-17/h3-5,7,10-11H,6,8-9H2,1-2H3,(H,18,19,22). The summed E-state index contributed by atoms with van der Waals surface area (Å²) in [4.78, 5) is 30.8. The predicted octanol–water partition coefficient (Wildman–Crippen LogP) is 3.01. The molecule has 1 unspecified atom stereocenters. The Morgan fingerprint density at radius 1 is 1.52 bits per heavy atom. The maximum atomic E-state index is 12.5. The normalized spacial score (nSPS) is 17.0. The van der Waals surface area contributed by atoms with Crippen LogP contribution < -0.4 is 15.0 Å². The maximum absolute atomic E-state index is 12.5. The van der Waals surface area contributed by atoms with Crippen molar-refractivity contribution in [3.05, 3.63) is 35.3 Å². The summed E-state index contributed by atoms with van der Waals surface area (Å²) in [5.74, 6) is 0.895. The van der Waals surface area contributed by atoms with Crippen LogP contribution in [0.2, 0.25) is 0 Å². The molecule has 0 saturated carbocycles. The fraction of sp³-hybridized carbons (Fsp3) is 0.353. The lowest BCUT2D eigenvalue weighted by molar-refractivity contribution is -0.122. The van der Waals surface area contributed by atoms with Gasteiger partial charge in [-0.3, -0.25) is 9.59 Å². The Labute approximate surface area is 154 Å². The molecule has 1 aliphatic heterocycles. The van der Waals surface area contributed by atoms with Gasteiger partial charge in [0.05, 0.1) is 18.7 Å². The summed E-state index contributed by atoms with van der Waals surface area (Å²) < 4.78 is 5.20. The monoisotopic (exact) mass is 377 g/mol. The minimum atomic E-state index is -0.383. The summed E-state index contributed by atoms with van der Waals surface area (Å²) in [6.45, 7) is 0.362. The van der Waals surface area contributed by atoms with E-state index in [1.807, 2.05) is 29.8 Å². The highest BCUT2D eigenvalue weighted by Crippen LogP contribution is 2.29. The van der Waals surface area contributed by atoms with Gasteiger partial charge in [-0.1, -0.05) is 6.07 Å². The molecule has 2 amide bonds. The van der Waals surface area contributed by atoms with Gasteiger partial charge in [-0.2, -0.15) is 11.8 Å². The van der Waals surface area contributed by atoms with Crippen LogP contribution in [0.4, 0.5) is 10.8 Å². The number of thiazole rings is 1. The molecule has 1 fully saturated rings. The second-order valence-electron chi connectivity index (χ2n) is 5.67. The SMILES string of the molecule is COc1cccc(N2CC(C(=O)Nc3nc(CSC)cs3)CC2=O)c1. The molecule has 8 heteroatoms. The third-order valence-electron chi connectivity index (χ3n) is 3.93. The highest BCUT2D eigenvalue weighted by Gasteiger charge is 2.35. The minimum Gasteiger partial charge on any atom is -0.497 e. The Balaban J connectivity index is 1.65. The predicted molar refractivity (Wildman–Crippen MR) is 101 cm³/mol. The van der Waals surface area contributed by atoms with E-state index in [-0.39, 0.29) is 24.2 Å². The number of amides is 2. The van der Waals surface area contributed by atoms with Crippen LogP contribution in [0.5, 0.6) is 5.75 Å². The van der Waals surface area contributed by atoms with Gasteiger partial charge in [-0.25, -0.2) is 4.98 Å². The molecule has 1 atom stereocenters. The van der Waals surface area contributed by atoms with E-state index in [2.05, 4.69) is 10.3 Å². The van der Waals surface area contributed by atoms with Crippen LogP contribution in [0.1, 0.15) is 12.1 Å². The molecule has 25 heavy (non-hydrogen) atoms. The van der Waals surface area contributed by atoms with Crippen molar-refractivity contribution in [2.45, 2.75) is 12.2 Å². The molecule has 0 spiro atoms. The van der Waals surface area contributed by atoms with E-state index in [1.165, 1.54) is 11.3 Å². The van der Waals surface area contributed by atoms with Crippen molar-refractivity contribution in [2.24, 2.45) is 5.92 Å². The summed E-state index contributed by atoms with van der Waals surface area (Å²) in [5, 5.41) is 5.36. The molecule has 1 N–H and O–H groups in total. The Morgan fingerprint density at radius 3 is 3.12 bits per heavy atom. The number of nitrogens with one attached hydrogen (secondary N) is 1. The van der Waals surface area contributed by atoms with Crippen molar-refractivity contribution < 1.29 is 14.3 Å². The molecular formula is C17H19N3O3S2. The number of carbonyl (C=O) groups is 2. The van der Waals surface area contributed by atoms with E-state index in [0.717, 1.165) is 17.1 Å². The van der Waals surface area contributed by atoms with E-state index in [1.54, 1.807) is 29.8 Å². The smallest absolute Gasteiger partial charge is 0.231 e. The number of rotatable bonds is 6. The molecular weight excluding hydrogens is 358 g/mol. The first-order valence-electron chi connectivity index (χ1n) is 7.79. The molecule has 2 aromatic rings. The minimum absolute atomic E-state index is 0.0596. The van der Waals surface area contributed by atoms with E-state index in [0.29, 0.717) is 17.4 Å². The van der Waals surface area contributed by atoms with Crippen molar-refractivity contribution >= 4 is 45.7 Å². The van der Waals surface area contributed by atoms with Crippen LogP contribution in [0, 0.1) is 5.92 Å². The van der Waals surface area contributed by atoms with Gasteiger partial charge in [-0.05, 0) is 18.4 Å². The van der Waals surface area contributed by atoms with E-state index >= 15 is 0 Å². The van der Waals surface area contributed by atoms with Crippen molar-refractivity contribution in [3.8, 4) is 5.75 Å². The van der Waals surface area contributed by atoms with Crippen molar-refractivity contribution in [2.75, 3.05) is 30.1 Å². The van der Waals surface area contributed by atoms with Crippen LogP contribution >= 0.6 is 23.1 Å². The Hall–Kier alpha value is -2.06. The van der Waals surface area contributed by atoms with Gasteiger partial charge in [0.2, 0.25) is 11.8 Å². The number of nitrogens with zero attached hydrogens (tertiary/aromatic N) is 2. The van der Waals surface area contributed by atoms with Gasteiger partial charge in [0.1, 0.15) is 5.75 Å². The van der Waals surface area contributed by atoms with Crippen molar-refractivity contribution in [1.82, 2.24) is 4.98 Å². The molecule has 1 saturated heterocycles. The molecule has 1 aromatic heterocycles. The average Bonchev–Trinajstić information content (AvgIpc) is 3.22. The lowest BCUT2D eigenvalue weighted by Gasteiger charge is -2.17. The zero-order chi connectivity index (χ0) is 17.8. The quantitative estimate of drug-likeness (QED) is 0.838. The molecule has 2 heterocycles. The van der Waals surface area contributed by atoms with Crippen molar-refractivity contribution in [3.63, 3.8) is 0 Å². The van der Waals surface area contributed by atoms with E-state index < -0.39 is 0 Å². The molecule has 6 nitrogen and oxygen atoms in total. The van der Waals surface area contributed by atoms with Crippen LogP contribution in [0.15, 0.2) is 29.6 Å². The first-order valence-corrected chi connectivity index (χ1v) is 10.1. The average molecular weight is 377 g/mol. The van der Waals surface area contributed by atoms with E-state index in [9.17, 15) is 9.59 Å². The lowest BCUT2D eigenvalue weighted by Crippen LogP contribution is -2.28. The van der Waals surface area contributed by atoms with Gasteiger partial charge in [0.15, 0.2) is 5.13 Å². The van der Waals surface area contributed by atoms with Crippen LogP contribution in [-0.4, -0.2) is 36.7 Å². The number of hydrogen-bond donors (Lipinski definition) is 1. The molecule has 1 aromatic carbocycles. The number of aromatic nitrogens is 1. The first kappa shape index (κ1) is 17.8. The fourth-order valence-electron chi connectivity index (χ4n) is 2.70. The topological polar surface area (TPSA) is 71.5 Å². The second-order valence-corrected chi connectivity index (χ2v) is 7.40. The maximum Gasteiger partial charge on any atom is 0.231 e. The summed E-state index contributed by atoms with van der Waals surface area (Å²) in [6.07, 6.45) is 2.21. The summed E-state index contributed by atoms with van der Waals surface area (Å²) in [6, 6.07) is 7.30. The number of anilines is 2. The zero-order valence-corrected chi connectivity index (χ0v) is 15.7. The summed E-state index contributed by atoms with van der Waals surface area (Å²) >= 11 is 3.09. The number of ether oxygens (including phenoxy) is 1. The molecule has 132 valence electrons. The number of thioether (sulfide) groups is 1. The molecule has 3 rings (SSSR count). The largest absolute Gasteiger partial charge is 0.497 e. The zero-order valence-electron chi connectivity index (χ0n) is 14.0. The number of carbonyl (C=O) groups excluding carboxylic acids is 2. The second kappa shape index (κ2) is 7.88. The Bertz CT molecular complexity index is 778. The summed E-state index contributed by atoms with van der Waals surface area (Å²) in [7, 11) is 1.58. The highest BCUT2D eigenvalue weighted by atomic mass is 32.2. The van der Waals surface area contributed by atoms with E-state index in [4.69, 9.17) is 4.74 Å². The van der Waals surface area contributed by atoms with Gasteiger partial charge in [0, 0.05) is 35.9 Å². The van der Waals surface area contributed by atoms with Gasteiger partial charge >= 0.3 is 0 Å². The van der Waals surface area contributed by atoms with Crippen LogP contribution in [0.3, 0.4) is 0 Å². The molecule has 0 radical (unpaired) electrons. The summed E-state index contributed by atoms with van der Waals surface area (Å²) in [5.41, 5.74) is 1.70.